The Kier molecular flexibility index (Phi) is 3.73. The minimum Gasteiger partial charge on any atom is -0.489 e. The summed E-state index contributed by atoms with van der Waals surface area (Å²) < 4.78 is 5.66. The predicted molar refractivity (Wildman–Crippen MR) is 68.0 cm³/mol. The van der Waals surface area contributed by atoms with Crippen molar-refractivity contribution in [2.75, 3.05) is 6.61 Å². The molecule has 0 bridgehead atoms. The molecule has 88 valence electrons. The summed E-state index contributed by atoms with van der Waals surface area (Å²) in [7, 11) is 0. The molecule has 3 nitrogen and oxygen atoms in total. The first-order chi connectivity index (χ1) is 8.35. The Morgan fingerprint density at radius 3 is 2.94 bits per heavy atom. The van der Waals surface area contributed by atoms with Gasteiger partial charge in [0.15, 0.2) is 0 Å². The molecule has 0 saturated heterocycles. The Bertz CT molecular complexity index is 535. The molecule has 1 N–H and O–H groups in total. The number of aromatic nitrogens is 1. The zero-order chi connectivity index (χ0) is 12.1. The van der Waals surface area contributed by atoms with Crippen LogP contribution in [0, 0.1) is 0 Å². The maximum atomic E-state index is 9.16. The maximum absolute atomic E-state index is 9.16. The average molecular weight is 229 g/mol. The van der Waals surface area contributed by atoms with Gasteiger partial charge in [-0.05, 0) is 19.1 Å². The molecule has 2 aromatic rings. The Balaban J connectivity index is 2.43. The standard InChI is InChI=1S/C14H15NO2/c1-2-3-8-17-14-9-11(10-16)15-13-7-5-4-6-12(13)14/h2-7,9,16H,8,10H2,1H3. The molecule has 0 aliphatic heterocycles. The van der Waals surface area contributed by atoms with Gasteiger partial charge in [-0.15, -0.1) is 0 Å². The zero-order valence-electron chi connectivity index (χ0n) is 9.76. The van der Waals surface area contributed by atoms with Gasteiger partial charge in [-0.25, -0.2) is 0 Å². The number of ether oxygens (including phenoxy) is 1. The molecule has 0 amide bonds. The van der Waals surface area contributed by atoms with E-state index in [0.29, 0.717) is 12.3 Å². The quantitative estimate of drug-likeness (QED) is 0.819. The monoisotopic (exact) mass is 229 g/mol. The molecule has 0 unspecified atom stereocenters. The second-order valence-corrected chi connectivity index (χ2v) is 3.67. The first kappa shape index (κ1) is 11.6. The number of aliphatic hydroxyl groups excluding tert-OH is 1. The highest BCUT2D eigenvalue weighted by molar-refractivity contribution is 5.85. The second kappa shape index (κ2) is 5.46. The summed E-state index contributed by atoms with van der Waals surface area (Å²) in [6.07, 6.45) is 3.88. The van der Waals surface area contributed by atoms with E-state index >= 15 is 0 Å². The topological polar surface area (TPSA) is 42.4 Å². The van der Waals surface area contributed by atoms with Crippen LogP contribution in [0.5, 0.6) is 5.75 Å². The van der Waals surface area contributed by atoms with Crippen molar-refractivity contribution < 1.29 is 9.84 Å². The molecule has 0 fully saturated rings. The highest BCUT2D eigenvalue weighted by atomic mass is 16.5. The largest absolute Gasteiger partial charge is 0.489 e. The number of allylic oxidation sites excluding steroid dienone is 1. The van der Waals surface area contributed by atoms with E-state index in [1.54, 1.807) is 6.07 Å². The predicted octanol–water partition coefficient (Wildman–Crippen LogP) is 2.68. The third-order valence-corrected chi connectivity index (χ3v) is 2.46. The first-order valence-corrected chi connectivity index (χ1v) is 5.58. The number of hydrogen-bond donors (Lipinski definition) is 1. The Hall–Kier alpha value is -1.87. The van der Waals surface area contributed by atoms with Crippen LogP contribution in [-0.4, -0.2) is 16.7 Å². The summed E-state index contributed by atoms with van der Waals surface area (Å²) in [6, 6.07) is 9.54. The van der Waals surface area contributed by atoms with Gasteiger partial charge in [0.2, 0.25) is 0 Å². The van der Waals surface area contributed by atoms with Crippen molar-refractivity contribution in [1.29, 1.82) is 0 Å². The number of hydrogen-bond acceptors (Lipinski definition) is 3. The fraction of sp³-hybridized carbons (Fsp3) is 0.214. The van der Waals surface area contributed by atoms with Gasteiger partial charge in [-0.1, -0.05) is 24.3 Å². The van der Waals surface area contributed by atoms with E-state index in [4.69, 9.17) is 9.84 Å². The number of para-hydroxylation sites is 1. The SMILES string of the molecule is CC=CCOc1cc(CO)nc2ccccc12. The van der Waals surface area contributed by atoms with Crippen LogP contribution in [0.4, 0.5) is 0 Å². The Labute approximate surface area is 100 Å². The summed E-state index contributed by atoms with van der Waals surface area (Å²) in [6.45, 7) is 2.40. The van der Waals surface area contributed by atoms with E-state index < -0.39 is 0 Å². The fourth-order valence-electron chi connectivity index (χ4n) is 1.63. The van der Waals surface area contributed by atoms with Crippen molar-refractivity contribution >= 4 is 10.9 Å². The van der Waals surface area contributed by atoms with Crippen molar-refractivity contribution in [2.45, 2.75) is 13.5 Å². The van der Waals surface area contributed by atoms with Gasteiger partial charge in [0, 0.05) is 11.5 Å². The number of fused-ring (bicyclic) bond motifs is 1. The van der Waals surface area contributed by atoms with Crippen LogP contribution >= 0.6 is 0 Å². The van der Waals surface area contributed by atoms with Crippen LogP contribution in [-0.2, 0) is 6.61 Å². The molecule has 0 atom stereocenters. The first-order valence-electron chi connectivity index (χ1n) is 5.58. The van der Waals surface area contributed by atoms with Crippen LogP contribution in [0.1, 0.15) is 12.6 Å². The zero-order valence-corrected chi connectivity index (χ0v) is 9.76. The van der Waals surface area contributed by atoms with Crippen LogP contribution in [0.25, 0.3) is 10.9 Å². The molecule has 0 saturated carbocycles. The normalized spacial score (nSPS) is 11.2. The molecule has 1 aromatic carbocycles. The lowest BCUT2D eigenvalue weighted by atomic mass is 10.2. The van der Waals surface area contributed by atoms with Crippen LogP contribution in [0.3, 0.4) is 0 Å². The Morgan fingerprint density at radius 1 is 1.35 bits per heavy atom. The minimum absolute atomic E-state index is 0.0786. The number of rotatable bonds is 4. The third-order valence-electron chi connectivity index (χ3n) is 2.46. The lowest BCUT2D eigenvalue weighted by Crippen LogP contribution is -1.98. The molecular formula is C14H15NO2. The molecule has 1 heterocycles. The molecule has 17 heavy (non-hydrogen) atoms. The number of pyridine rings is 1. The van der Waals surface area contributed by atoms with E-state index in [-0.39, 0.29) is 6.61 Å². The van der Waals surface area contributed by atoms with E-state index in [1.807, 2.05) is 43.3 Å². The smallest absolute Gasteiger partial charge is 0.131 e. The van der Waals surface area contributed by atoms with E-state index in [1.165, 1.54) is 0 Å². The molecule has 0 aliphatic carbocycles. The van der Waals surface area contributed by atoms with Crippen molar-refractivity contribution in [2.24, 2.45) is 0 Å². The molecule has 0 radical (unpaired) electrons. The van der Waals surface area contributed by atoms with Crippen molar-refractivity contribution in [3.63, 3.8) is 0 Å². The van der Waals surface area contributed by atoms with Crippen LogP contribution in [0.2, 0.25) is 0 Å². The number of aliphatic hydroxyl groups is 1. The molecule has 3 heteroatoms. The lowest BCUT2D eigenvalue weighted by Gasteiger charge is -2.09. The van der Waals surface area contributed by atoms with Gasteiger partial charge >= 0.3 is 0 Å². The molecule has 0 aliphatic rings. The number of nitrogens with zero attached hydrogens (tertiary/aromatic N) is 1. The van der Waals surface area contributed by atoms with Gasteiger partial charge in [-0.3, -0.25) is 4.98 Å². The molecule has 2 rings (SSSR count). The molecule has 1 aromatic heterocycles. The summed E-state index contributed by atoms with van der Waals surface area (Å²) in [5.74, 6) is 0.762. The highest BCUT2D eigenvalue weighted by Gasteiger charge is 2.05. The third kappa shape index (κ3) is 2.63. The van der Waals surface area contributed by atoms with Gasteiger partial charge in [0.05, 0.1) is 17.8 Å². The Morgan fingerprint density at radius 2 is 2.18 bits per heavy atom. The molecular weight excluding hydrogens is 214 g/mol. The maximum Gasteiger partial charge on any atom is 0.131 e. The highest BCUT2D eigenvalue weighted by Crippen LogP contribution is 2.25. The summed E-state index contributed by atoms with van der Waals surface area (Å²) in [5, 5.41) is 10.1. The molecule has 0 spiro atoms. The van der Waals surface area contributed by atoms with Crippen molar-refractivity contribution in [3.8, 4) is 5.75 Å². The fourth-order valence-corrected chi connectivity index (χ4v) is 1.63. The van der Waals surface area contributed by atoms with E-state index in [2.05, 4.69) is 4.98 Å². The summed E-state index contributed by atoms with van der Waals surface area (Å²) in [4.78, 5) is 4.33. The van der Waals surface area contributed by atoms with Gasteiger partial charge in [0.25, 0.3) is 0 Å². The summed E-state index contributed by atoms with van der Waals surface area (Å²) >= 11 is 0. The van der Waals surface area contributed by atoms with E-state index in [0.717, 1.165) is 16.7 Å². The van der Waals surface area contributed by atoms with Gasteiger partial charge in [0.1, 0.15) is 12.4 Å². The average Bonchev–Trinajstić information content (AvgIpc) is 2.38. The number of benzene rings is 1. The lowest BCUT2D eigenvalue weighted by molar-refractivity contribution is 0.276. The minimum atomic E-state index is -0.0786. The van der Waals surface area contributed by atoms with Crippen LogP contribution < -0.4 is 4.74 Å². The van der Waals surface area contributed by atoms with Gasteiger partial charge in [-0.2, -0.15) is 0 Å². The van der Waals surface area contributed by atoms with Gasteiger partial charge < -0.3 is 9.84 Å². The van der Waals surface area contributed by atoms with Crippen LogP contribution in [0.15, 0.2) is 42.5 Å². The second-order valence-electron chi connectivity index (χ2n) is 3.67. The van der Waals surface area contributed by atoms with E-state index in [9.17, 15) is 0 Å². The summed E-state index contributed by atoms with van der Waals surface area (Å²) in [5.41, 5.74) is 1.47. The van der Waals surface area contributed by atoms with Crippen molar-refractivity contribution in [1.82, 2.24) is 4.98 Å². The van der Waals surface area contributed by atoms with Crippen molar-refractivity contribution in [3.05, 3.63) is 48.2 Å².